The van der Waals surface area contributed by atoms with Gasteiger partial charge in [-0.3, -0.25) is 0 Å². The van der Waals surface area contributed by atoms with Crippen LogP contribution in [-0.2, 0) is 4.74 Å². The fraction of sp³-hybridized carbons (Fsp3) is 0.533. The molecule has 1 amide bonds. The van der Waals surface area contributed by atoms with Crippen LogP contribution in [0.4, 0.5) is 4.79 Å². The van der Waals surface area contributed by atoms with E-state index >= 15 is 0 Å². The van der Waals surface area contributed by atoms with Crippen molar-refractivity contribution in [1.82, 2.24) is 4.90 Å². The number of nitrogens with zero attached hydrogens (tertiary/aromatic N) is 1. The minimum absolute atomic E-state index is 0.0594. The highest BCUT2D eigenvalue weighted by Crippen LogP contribution is 2.31. The summed E-state index contributed by atoms with van der Waals surface area (Å²) in [5.41, 5.74) is 1.21. The van der Waals surface area contributed by atoms with Gasteiger partial charge in [-0.1, -0.05) is 30.3 Å². The quantitative estimate of drug-likeness (QED) is 0.796. The minimum atomic E-state index is -0.182. The van der Waals surface area contributed by atoms with Gasteiger partial charge in [0, 0.05) is 6.54 Å². The highest BCUT2D eigenvalue weighted by molar-refractivity contribution is 5.68. The number of hydrogen-bond acceptors (Lipinski definition) is 2. The van der Waals surface area contributed by atoms with Crippen molar-refractivity contribution in [2.75, 3.05) is 6.54 Å². The fourth-order valence-electron chi connectivity index (χ4n) is 2.44. The number of carbonyl (C=O) groups excluding carboxylic acids is 1. The maximum atomic E-state index is 12.1. The van der Waals surface area contributed by atoms with Crippen LogP contribution < -0.4 is 0 Å². The number of carbonyl (C=O) groups is 1. The first-order chi connectivity index (χ1) is 8.68. The van der Waals surface area contributed by atoms with Gasteiger partial charge in [0.2, 0.25) is 0 Å². The third-order valence-electron chi connectivity index (χ3n) is 3.26. The Hall–Kier alpha value is -1.51. The van der Waals surface area contributed by atoms with Crippen LogP contribution in [0.3, 0.4) is 0 Å². The maximum Gasteiger partial charge on any atom is 0.410 e. The summed E-state index contributed by atoms with van der Waals surface area (Å²) >= 11 is 0. The van der Waals surface area contributed by atoms with E-state index in [0.29, 0.717) is 0 Å². The number of piperidine rings is 1. The Bertz CT molecular complexity index is 389. The summed E-state index contributed by atoms with van der Waals surface area (Å²) in [7, 11) is 0. The number of rotatable bonds is 2. The molecule has 1 aliphatic rings. The van der Waals surface area contributed by atoms with Crippen molar-refractivity contribution < 1.29 is 9.53 Å². The first-order valence-electron chi connectivity index (χ1n) is 6.70. The monoisotopic (exact) mass is 247 g/mol. The minimum Gasteiger partial charge on any atom is -0.447 e. The SMILES string of the molecule is CC(C)OC(=O)N1CCCCC1c1ccccc1. The predicted molar refractivity (Wildman–Crippen MR) is 71.4 cm³/mol. The van der Waals surface area contributed by atoms with E-state index in [2.05, 4.69) is 12.1 Å². The van der Waals surface area contributed by atoms with E-state index in [0.717, 1.165) is 19.4 Å². The molecule has 0 aliphatic carbocycles. The first-order valence-corrected chi connectivity index (χ1v) is 6.70. The molecule has 1 unspecified atom stereocenters. The number of likely N-dealkylation sites (tertiary alicyclic amines) is 1. The van der Waals surface area contributed by atoms with Crippen LogP contribution in [0.2, 0.25) is 0 Å². The predicted octanol–water partition coefficient (Wildman–Crippen LogP) is 3.76. The van der Waals surface area contributed by atoms with Crippen molar-refractivity contribution >= 4 is 6.09 Å². The maximum absolute atomic E-state index is 12.1. The van der Waals surface area contributed by atoms with Crippen LogP contribution in [0.15, 0.2) is 30.3 Å². The Kier molecular flexibility index (Phi) is 4.24. The smallest absolute Gasteiger partial charge is 0.410 e. The lowest BCUT2D eigenvalue weighted by atomic mass is 9.96. The van der Waals surface area contributed by atoms with E-state index < -0.39 is 0 Å². The second-order valence-electron chi connectivity index (χ2n) is 5.05. The molecule has 1 aliphatic heterocycles. The van der Waals surface area contributed by atoms with E-state index in [-0.39, 0.29) is 18.2 Å². The van der Waals surface area contributed by atoms with Crippen molar-refractivity contribution in [3.8, 4) is 0 Å². The van der Waals surface area contributed by atoms with Gasteiger partial charge in [-0.15, -0.1) is 0 Å². The van der Waals surface area contributed by atoms with Gasteiger partial charge in [0.05, 0.1) is 12.1 Å². The second-order valence-corrected chi connectivity index (χ2v) is 5.05. The molecule has 0 spiro atoms. The third kappa shape index (κ3) is 3.03. The molecule has 1 fully saturated rings. The largest absolute Gasteiger partial charge is 0.447 e. The molecule has 0 N–H and O–H groups in total. The van der Waals surface area contributed by atoms with Crippen LogP contribution in [0.25, 0.3) is 0 Å². The molecule has 1 aromatic carbocycles. The van der Waals surface area contributed by atoms with E-state index in [9.17, 15) is 4.79 Å². The van der Waals surface area contributed by atoms with Crippen LogP contribution in [-0.4, -0.2) is 23.6 Å². The molecule has 3 nitrogen and oxygen atoms in total. The molecular weight excluding hydrogens is 226 g/mol. The highest BCUT2D eigenvalue weighted by atomic mass is 16.6. The third-order valence-corrected chi connectivity index (χ3v) is 3.26. The number of hydrogen-bond donors (Lipinski definition) is 0. The molecule has 2 rings (SSSR count). The number of benzene rings is 1. The average Bonchev–Trinajstić information content (AvgIpc) is 2.39. The van der Waals surface area contributed by atoms with Crippen LogP contribution in [0, 0.1) is 0 Å². The van der Waals surface area contributed by atoms with Crippen molar-refractivity contribution in [2.45, 2.75) is 45.3 Å². The molecule has 98 valence electrons. The van der Waals surface area contributed by atoms with Gasteiger partial charge >= 0.3 is 6.09 Å². The molecule has 0 saturated carbocycles. The summed E-state index contributed by atoms with van der Waals surface area (Å²) in [6, 6.07) is 10.4. The van der Waals surface area contributed by atoms with E-state index in [1.54, 1.807) is 0 Å². The zero-order valence-corrected chi connectivity index (χ0v) is 11.1. The van der Waals surface area contributed by atoms with E-state index in [4.69, 9.17) is 4.74 Å². The summed E-state index contributed by atoms with van der Waals surface area (Å²) in [6.45, 7) is 4.57. The Morgan fingerprint density at radius 3 is 2.67 bits per heavy atom. The summed E-state index contributed by atoms with van der Waals surface area (Å²) in [6.07, 6.45) is 3.02. The van der Waals surface area contributed by atoms with Crippen molar-refractivity contribution in [3.05, 3.63) is 35.9 Å². The van der Waals surface area contributed by atoms with Gasteiger partial charge in [0.15, 0.2) is 0 Å². The van der Waals surface area contributed by atoms with Gasteiger partial charge in [-0.2, -0.15) is 0 Å². The molecule has 0 aromatic heterocycles. The molecule has 1 heterocycles. The average molecular weight is 247 g/mol. The standard InChI is InChI=1S/C15H21NO2/c1-12(2)18-15(17)16-11-7-6-10-14(16)13-8-4-3-5-9-13/h3-5,8-9,12,14H,6-7,10-11H2,1-2H3. The second kappa shape index (κ2) is 5.89. The van der Waals surface area contributed by atoms with E-state index in [1.807, 2.05) is 36.9 Å². The zero-order valence-electron chi connectivity index (χ0n) is 11.1. The molecule has 0 radical (unpaired) electrons. The lowest BCUT2D eigenvalue weighted by molar-refractivity contribution is 0.0526. The van der Waals surface area contributed by atoms with E-state index in [1.165, 1.54) is 12.0 Å². The molecule has 1 saturated heterocycles. The molecule has 3 heteroatoms. The molecule has 1 aromatic rings. The number of ether oxygens (including phenoxy) is 1. The molecule has 18 heavy (non-hydrogen) atoms. The van der Waals surface area contributed by atoms with Crippen molar-refractivity contribution in [2.24, 2.45) is 0 Å². The zero-order chi connectivity index (χ0) is 13.0. The van der Waals surface area contributed by atoms with Gasteiger partial charge in [-0.25, -0.2) is 4.79 Å². The van der Waals surface area contributed by atoms with Gasteiger partial charge in [0.25, 0.3) is 0 Å². The molecular formula is C15H21NO2. The van der Waals surface area contributed by atoms with Crippen LogP contribution in [0.5, 0.6) is 0 Å². The van der Waals surface area contributed by atoms with Gasteiger partial charge in [0.1, 0.15) is 0 Å². The van der Waals surface area contributed by atoms with Crippen molar-refractivity contribution in [1.29, 1.82) is 0 Å². The van der Waals surface area contributed by atoms with Crippen LogP contribution >= 0.6 is 0 Å². The topological polar surface area (TPSA) is 29.5 Å². The van der Waals surface area contributed by atoms with Crippen molar-refractivity contribution in [3.63, 3.8) is 0 Å². The summed E-state index contributed by atoms with van der Waals surface area (Å²) in [5.74, 6) is 0. The fourth-order valence-corrected chi connectivity index (χ4v) is 2.44. The van der Waals surface area contributed by atoms with Crippen LogP contribution in [0.1, 0.15) is 44.7 Å². The Balaban J connectivity index is 2.13. The normalized spacial score (nSPS) is 19.9. The Morgan fingerprint density at radius 1 is 1.28 bits per heavy atom. The molecule has 1 atom stereocenters. The number of amides is 1. The van der Waals surface area contributed by atoms with Gasteiger partial charge in [-0.05, 0) is 38.7 Å². The summed E-state index contributed by atoms with van der Waals surface area (Å²) < 4.78 is 5.33. The van der Waals surface area contributed by atoms with Gasteiger partial charge < -0.3 is 9.64 Å². The Morgan fingerprint density at radius 2 is 2.00 bits per heavy atom. The lowest BCUT2D eigenvalue weighted by Crippen LogP contribution is -2.39. The summed E-state index contributed by atoms with van der Waals surface area (Å²) in [4.78, 5) is 14.0. The first kappa shape index (κ1) is 12.9. The Labute approximate surface area is 109 Å². The lowest BCUT2D eigenvalue weighted by Gasteiger charge is -2.35. The molecule has 0 bridgehead atoms. The summed E-state index contributed by atoms with van der Waals surface area (Å²) in [5, 5.41) is 0. The highest BCUT2D eigenvalue weighted by Gasteiger charge is 2.29.